The van der Waals surface area contributed by atoms with Gasteiger partial charge in [-0.15, -0.1) is 0 Å². The van der Waals surface area contributed by atoms with Crippen LogP contribution in [0, 0.1) is 0 Å². The second-order valence-corrected chi connectivity index (χ2v) is 6.91. The Balaban J connectivity index is 1.47. The summed E-state index contributed by atoms with van der Waals surface area (Å²) in [5.74, 6) is -0.520. The molecule has 0 bridgehead atoms. The van der Waals surface area contributed by atoms with Crippen molar-refractivity contribution in [2.45, 2.75) is 44.8 Å². The Labute approximate surface area is 148 Å². The molecule has 6 heteroatoms. The summed E-state index contributed by atoms with van der Waals surface area (Å²) >= 11 is 0. The third-order valence-corrected chi connectivity index (χ3v) is 4.98. The molecule has 1 aromatic rings. The van der Waals surface area contributed by atoms with Gasteiger partial charge in [-0.2, -0.15) is 0 Å². The molecule has 0 spiro atoms. The lowest BCUT2D eigenvalue weighted by Crippen LogP contribution is -2.44. The van der Waals surface area contributed by atoms with Crippen LogP contribution in [-0.4, -0.2) is 54.1 Å². The molecule has 0 radical (unpaired) electrons. The SMILES string of the molecule is O=C(CN1CCCCC(O)C1=O)NCc1ccc(N2CCCC2)cc1. The second kappa shape index (κ2) is 8.34. The summed E-state index contributed by atoms with van der Waals surface area (Å²) in [6.07, 6.45) is 3.67. The summed E-state index contributed by atoms with van der Waals surface area (Å²) in [7, 11) is 0. The van der Waals surface area contributed by atoms with E-state index < -0.39 is 6.10 Å². The molecule has 2 fully saturated rings. The van der Waals surface area contributed by atoms with E-state index >= 15 is 0 Å². The van der Waals surface area contributed by atoms with Gasteiger partial charge in [0.2, 0.25) is 5.91 Å². The van der Waals surface area contributed by atoms with Crippen molar-refractivity contribution in [3.8, 4) is 0 Å². The molecule has 2 N–H and O–H groups in total. The Bertz CT molecular complexity index is 596. The van der Waals surface area contributed by atoms with Gasteiger partial charge >= 0.3 is 0 Å². The van der Waals surface area contributed by atoms with Crippen LogP contribution in [0.4, 0.5) is 5.69 Å². The number of rotatable bonds is 5. The lowest BCUT2D eigenvalue weighted by molar-refractivity contribution is -0.142. The molecule has 3 rings (SSSR count). The Morgan fingerprint density at radius 1 is 1.08 bits per heavy atom. The van der Waals surface area contributed by atoms with Crippen LogP contribution < -0.4 is 10.2 Å². The van der Waals surface area contributed by atoms with Crippen LogP contribution in [0.5, 0.6) is 0 Å². The first-order valence-electron chi connectivity index (χ1n) is 9.21. The van der Waals surface area contributed by atoms with Gasteiger partial charge in [-0.3, -0.25) is 9.59 Å². The molecule has 25 heavy (non-hydrogen) atoms. The van der Waals surface area contributed by atoms with E-state index in [2.05, 4.69) is 22.3 Å². The minimum Gasteiger partial charge on any atom is -0.383 e. The van der Waals surface area contributed by atoms with Crippen molar-refractivity contribution in [3.63, 3.8) is 0 Å². The molecule has 2 aliphatic heterocycles. The fourth-order valence-corrected chi connectivity index (χ4v) is 3.47. The Morgan fingerprint density at radius 2 is 1.76 bits per heavy atom. The van der Waals surface area contributed by atoms with Crippen LogP contribution in [0.15, 0.2) is 24.3 Å². The lowest BCUT2D eigenvalue weighted by Gasteiger charge is -2.21. The highest BCUT2D eigenvalue weighted by atomic mass is 16.3. The summed E-state index contributed by atoms with van der Waals surface area (Å²) < 4.78 is 0. The van der Waals surface area contributed by atoms with E-state index in [0.29, 0.717) is 19.5 Å². The van der Waals surface area contributed by atoms with Crippen LogP contribution in [0.25, 0.3) is 0 Å². The van der Waals surface area contributed by atoms with Crippen LogP contribution in [0.2, 0.25) is 0 Å². The predicted octanol–water partition coefficient (Wildman–Crippen LogP) is 1.28. The van der Waals surface area contributed by atoms with Crippen LogP contribution in [0.3, 0.4) is 0 Å². The molecule has 2 saturated heterocycles. The average Bonchev–Trinajstić information content (AvgIpc) is 3.12. The van der Waals surface area contributed by atoms with Crippen LogP contribution >= 0.6 is 0 Å². The topological polar surface area (TPSA) is 72.9 Å². The van der Waals surface area contributed by atoms with E-state index in [-0.39, 0.29) is 18.4 Å². The summed E-state index contributed by atoms with van der Waals surface area (Å²) in [6.45, 7) is 3.23. The zero-order chi connectivity index (χ0) is 17.6. The molecular formula is C19H27N3O3. The van der Waals surface area contributed by atoms with Crippen molar-refractivity contribution < 1.29 is 14.7 Å². The number of aliphatic hydroxyl groups excluding tert-OH is 1. The number of aliphatic hydroxyl groups is 1. The zero-order valence-electron chi connectivity index (χ0n) is 14.6. The molecule has 136 valence electrons. The first-order valence-corrected chi connectivity index (χ1v) is 9.21. The van der Waals surface area contributed by atoms with Crippen molar-refractivity contribution in [1.29, 1.82) is 0 Å². The average molecular weight is 345 g/mol. The highest BCUT2D eigenvalue weighted by molar-refractivity contribution is 5.87. The normalized spacial score (nSPS) is 21.3. The number of carbonyl (C=O) groups excluding carboxylic acids is 2. The smallest absolute Gasteiger partial charge is 0.251 e. The maximum Gasteiger partial charge on any atom is 0.251 e. The number of carbonyl (C=O) groups is 2. The molecule has 1 atom stereocenters. The van der Waals surface area contributed by atoms with Crippen molar-refractivity contribution in [1.82, 2.24) is 10.2 Å². The van der Waals surface area contributed by atoms with Gasteiger partial charge in [0.05, 0.1) is 6.54 Å². The maximum atomic E-state index is 12.1. The third kappa shape index (κ3) is 4.72. The summed E-state index contributed by atoms with van der Waals surface area (Å²) in [5, 5.41) is 12.6. The lowest BCUT2D eigenvalue weighted by atomic mass is 10.2. The van der Waals surface area contributed by atoms with Crippen LogP contribution in [0.1, 0.15) is 37.7 Å². The predicted molar refractivity (Wildman–Crippen MR) is 96.2 cm³/mol. The van der Waals surface area contributed by atoms with Gasteiger partial charge in [0.1, 0.15) is 6.10 Å². The molecule has 6 nitrogen and oxygen atoms in total. The fraction of sp³-hybridized carbons (Fsp3) is 0.579. The molecule has 2 amide bonds. The molecule has 2 heterocycles. The number of hydrogen-bond acceptors (Lipinski definition) is 4. The number of amides is 2. The second-order valence-electron chi connectivity index (χ2n) is 6.91. The van der Waals surface area contributed by atoms with Gasteiger partial charge in [-0.25, -0.2) is 0 Å². The Morgan fingerprint density at radius 3 is 2.48 bits per heavy atom. The number of hydrogen-bond donors (Lipinski definition) is 2. The van der Waals surface area contributed by atoms with Crippen molar-refractivity contribution >= 4 is 17.5 Å². The Kier molecular flexibility index (Phi) is 5.91. The highest BCUT2D eigenvalue weighted by Gasteiger charge is 2.26. The molecule has 0 aliphatic carbocycles. The number of nitrogens with zero attached hydrogens (tertiary/aromatic N) is 2. The minimum absolute atomic E-state index is 0.0156. The molecule has 0 saturated carbocycles. The first-order chi connectivity index (χ1) is 12.1. The van der Waals surface area contributed by atoms with Gasteiger partial charge in [-0.05, 0) is 49.8 Å². The van der Waals surface area contributed by atoms with Gasteiger partial charge in [0, 0.05) is 31.9 Å². The van der Waals surface area contributed by atoms with Crippen LogP contribution in [-0.2, 0) is 16.1 Å². The monoisotopic (exact) mass is 345 g/mol. The van der Waals surface area contributed by atoms with E-state index in [0.717, 1.165) is 31.5 Å². The minimum atomic E-state index is -0.964. The van der Waals surface area contributed by atoms with Gasteiger partial charge in [0.15, 0.2) is 0 Å². The number of nitrogens with one attached hydrogen (secondary N) is 1. The van der Waals surface area contributed by atoms with Gasteiger partial charge in [0.25, 0.3) is 5.91 Å². The molecule has 1 unspecified atom stereocenters. The largest absolute Gasteiger partial charge is 0.383 e. The molecule has 0 aromatic heterocycles. The maximum absolute atomic E-state index is 12.1. The van der Waals surface area contributed by atoms with Crippen molar-refractivity contribution in [2.24, 2.45) is 0 Å². The summed E-state index contributed by atoms with van der Waals surface area (Å²) in [5.41, 5.74) is 2.27. The van der Waals surface area contributed by atoms with Gasteiger partial charge in [-0.1, -0.05) is 12.1 Å². The molecular weight excluding hydrogens is 318 g/mol. The molecule has 2 aliphatic rings. The standard InChI is InChI=1S/C19H27N3O3/c23-17-5-1-2-12-22(19(17)25)14-18(24)20-13-15-6-8-16(9-7-15)21-10-3-4-11-21/h6-9,17,23H,1-5,10-14H2,(H,20,24). The van der Waals surface area contributed by atoms with Crippen molar-refractivity contribution in [3.05, 3.63) is 29.8 Å². The Hall–Kier alpha value is -2.08. The quantitative estimate of drug-likeness (QED) is 0.843. The summed E-state index contributed by atoms with van der Waals surface area (Å²) in [6, 6.07) is 8.27. The van der Waals surface area contributed by atoms with Gasteiger partial charge < -0.3 is 20.2 Å². The molecule has 1 aromatic carbocycles. The fourth-order valence-electron chi connectivity index (χ4n) is 3.47. The van der Waals surface area contributed by atoms with E-state index in [1.807, 2.05) is 12.1 Å². The zero-order valence-corrected chi connectivity index (χ0v) is 14.6. The highest BCUT2D eigenvalue weighted by Crippen LogP contribution is 2.20. The van der Waals surface area contributed by atoms with E-state index in [4.69, 9.17) is 0 Å². The van der Waals surface area contributed by atoms with Crippen molar-refractivity contribution in [2.75, 3.05) is 31.1 Å². The van der Waals surface area contributed by atoms with E-state index in [1.165, 1.54) is 23.4 Å². The third-order valence-electron chi connectivity index (χ3n) is 4.98. The number of benzene rings is 1. The van der Waals surface area contributed by atoms with E-state index in [9.17, 15) is 14.7 Å². The summed E-state index contributed by atoms with van der Waals surface area (Å²) in [4.78, 5) is 28.0. The first kappa shape index (κ1) is 17.7. The van der Waals surface area contributed by atoms with E-state index in [1.54, 1.807) is 0 Å². The number of anilines is 1. The number of likely N-dealkylation sites (tertiary alicyclic amines) is 1.